The highest BCUT2D eigenvalue weighted by molar-refractivity contribution is 6.41. The summed E-state index contributed by atoms with van der Waals surface area (Å²) in [5.74, 6) is -0.711. The third kappa shape index (κ3) is 1.87. The van der Waals surface area contributed by atoms with Gasteiger partial charge in [0, 0.05) is 5.41 Å². The Morgan fingerprint density at radius 2 is 1.82 bits per heavy atom. The van der Waals surface area contributed by atoms with Gasteiger partial charge in [-0.05, 0) is 0 Å². The first kappa shape index (κ1) is 8.40. The fraction of sp³-hybridized carbons (Fsp3) is 0.750. The number of ether oxygens (including phenoxy) is 1. The van der Waals surface area contributed by atoms with Gasteiger partial charge < -0.3 is 4.74 Å². The van der Waals surface area contributed by atoms with E-state index in [4.69, 9.17) is 4.74 Å². The lowest BCUT2D eigenvalue weighted by molar-refractivity contribution is -0.141. The molecule has 1 rings (SSSR count). The van der Waals surface area contributed by atoms with E-state index in [0.29, 0.717) is 6.61 Å². The van der Waals surface area contributed by atoms with E-state index in [1.165, 1.54) is 0 Å². The molecule has 1 atom stereocenters. The van der Waals surface area contributed by atoms with Gasteiger partial charge in [0.1, 0.15) is 6.10 Å². The second kappa shape index (κ2) is 2.41. The molecule has 0 spiro atoms. The minimum Gasteiger partial charge on any atom is -0.364 e. The van der Waals surface area contributed by atoms with E-state index in [1.807, 2.05) is 0 Å². The molecule has 3 nitrogen and oxygen atoms in total. The highest BCUT2D eigenvalue weighted by Crippen LogP contribution is 2.20. The van der Waals surface area contributed by atoms with Gasteiger partial charge in [-0.3, -0.25) is 9.59 Å². The van der Waals surface area contributed by atoms with Crippen molar-refractivity contribution in [2.45, 2.75) is 26.9 Å². The molecule has 62 valence electrons. The second-order valence-electron chi connectivity index (χ2n) is 3.77. The van der Waals surface area contributed by atoms with Crippen molar-refractivity contribution in [1.82, 2.24) is 0 Å². The highest BCUT2D eigenvalue weighted by atomic mass is 16.6. The summed E-state index contributed by atoms with van der Waals surface area (Å²) in [4.78, 5) is 22.3. The predicted molar refractivity (Wildman–Crippen MR) is 39.2 cm³/mol. The predicted octanol–water partition coefficient (Wildman–Crippen LogP) is 0.569. The number of ketones is 2. The fourth-order valence-corrected chi connectivity index (χ4v) is 0.715. The highest BCUT2D eigenvalue weighted by Gasteiger charge is 2.40. The third-order valence-electron chi connectivity index (χ3n) is 1.53. The van der Waals surface area contributed by atoms with Crippen LogP contribution >= 0.6 is 0 Å². The van der Waals surface area contributed by atoms with Crippen LogP contribution in [0.1, 0.15) is 20.8 Å². The topological polar surface area (TPSA) is 46.7 Å². The minimum absolute atomic E-state index is 0.333. The number of hydrogen-bond acceptors (Lipinski definition) is 3. The molecule has 1 heterocycles. The summed E-state index contributed by atoms with van der Waals surface area (Å²) in [7, 11) is 0. The van der Waals surface area contributed by atoms with Gasteiger partial charge in [0.05, 0.1) is 6.61 Å². The number of rotatable bonds is 2. The zero-order chi connectivity index (χ0) is 8.65. The maximum atomic E-state index is 11.2. The van der Waals surface area contributed by atoms with Gasteiger partial charge in [-0.1, -0.05) is 20.8 Å². The Morgan fingerprint density at radius 1 is 1.36 bits per heavy atom. The number of carbonyl (C=O) groups is 2. The zero-order valence-corrected chi connectivity index (χ0v) is 7.01. The van der Waals surface area contributed by atoms with E-state index >= 15 is 0 Å². The van der Waals surface area contributed by atoms with Gasteiger partial charge in [-0.25, -0.2) is 0 Å². The van der Waals surface area contributed by atoms with Crippen molar-refractivity contribution < 1.29 is 14.3 Å². The molecule has 0 aromatic heterocycles. The molecule has 0 aromatic carbocycles. The molecule has 1 fully saturated rings. The van der Waals surface area contributed by atoms with Crippen molar-refractivity contribution in [3.05, 3.63) is 0 Å². The quantitative estimate of drug-likeness (QED) is 0.433. The average molecular weight is 156 g/mol. The van der Waals surface area contributed by atoms with Crippen LogP contribution in [0.2, 0.25) is 0 Å². The monoisotopic (exact) mass is 156 g/mol. The molecular formula is C8H12O3. The fourth-order valence-electron chi connectivity index (χ4n) is 0.715. The average Bonchev–Trinajstić information content (AvgIpc) is 2.63. The summed E-state index contributed by atoms with van der Waals surface area (Å²) >= 11 is 0. The maximum Gasteiger partial charge on any atom is 0.229 e. The van der Waals surface area contributed by atoms with Crippen molar-refractivity contribution in [3.63, 3.8) is 0 Å². The first-order chi connectivity index (χ1) is 4.93. The van der Waals surface area contributed by atoms with E-state index in [9.17, 15) is 9.59 Å². The van der Waals surface area contributed by atoms with E-state index in [2.05, 4.69) is 0 Å². The summed E-state index contributed by atoms with van der Waals surface area (Å²) in [6, 6.07) is 0. The molecule has 0 aromatic rings. The first-order valence-electron chi connectivity index (χ1n) is 3.63. The van der Waals surface area contributed by atoms with Gasteiger partial charge in [0.2, 0.25) is 11.6 Å². The largest absolute Gasteiger partial charge is 0.364 e. The molecule has 0 saturated carbocycles. The Morgan fingerprint density at radius 3 is 2.09 bits per heavy atom. The SMILES string of the molecule is CC(C)(C)C(=O)C(=O)C1CO1. The zero-order valence-electron chi connectivity index (χ0n) is 7.01. The minimum atomic E-state index is -0.566. The van der Waals surface area contributed by atoms with Gasteiger partial charge >= 0.3 is 0 Å². The van der Waals surface area contributed by atoms with E-state index in [0.717, 1.165) is 0 Å². The smallest absolute Gasteiger partial charge is 0.229 e. The van der Waals surface area contributed by atoms with Gasteiger partial charge in [0.15, 0.2) is 0 Å². The van der Waals surface area contributed by atoms with Crippen LogP contribution < -0.4 is 0 Å². The normalized spacial score (nSPS) is 23.0. The lowest BCUT2D eigenvalue weighted by Crippen LogP contribution is -2.31. The molecule has 0 aliphatic carbocycles. The van der Waals surface area contributed by atoms with Crippen LogP contribution in [0, 0.1) is 5.41 Å². The lowest BCUT2D eigenvalue weighted by Gasteiger charge is -2.13. The molecule has 0 bridgehead atoms. The summed E-state index contributed by atoms with van der Waals surface area (Å²) in [6.45, 7) is 5.61. The Bertz CT molecular complexity index is 196. The molecule has 11 heavy (non-hydrogen) atoms. The van der Waals surface area contributed by atoms with Gasteiger partial charge in [0.25, 0.3) is 0 Å². The molecular weight excluding hydrogens is 144 g/mol. The van der Waals surface area contributed by atoms with Crippen molar-refractivity contribution in [3.8, 4) is 0 Å². The number of carbonyl (C=O) groups excluding carboxylic acids is 2. The summed E-state index contributed by atoms with van der Waals surface area (Å²) < 4.78 is 4.72. The first-order valence-corrected chi connectivity index (χ1v) is 3.63. The second-order valence-corrected chi connectivity index (χ2v) is 3.77. The van der Waals surface area contributed by atoms with Crippen LogP contribution in [0.5, 0.6) is 0 Å². The molecule has 3 heteroatoms. The van der Waals surface area contributed by atoms with E-state index < -0.39 is 11.5 Å². The molecule has 0 radical (unpaired) electrons. The van der Waals surface area contributed by atoms with Crippen molar-refractivity contribution in [1.29, 1.82) is 0 Å². The van der Waals surface area contributed by atoms with Crippen molar-refractivity contribution in [2.75, 3.05) is 6.61 Å². The Kier molecular flexibility index (Phi) is 1.84. The lowest BCUT2D eigenvalue weighted by atomic mass is 9.87. The summed E-state index contributed by atoms with van der Waals surface area (Å²) in [5, 5.41) is 0. The summed E-state index contributed by atoms with van der Waals surface area (Å²) in [6.07, 6.45) is -0.429. The molecule has 1 saturated heterocycles. The van der Waals surface area contributed by atoms with E-state index in [1.54, 1.807) is 20.8 Å². The number of hydrogen-bond donors (Lipinski definition) is 0. The molecule has 1 aliphatic heterocycles. The molecule has 1 unspecified atom stereocenters. The molecule has 0 N–H and O–H groups in total. The van der Waals surface area contributed by atoms with Gasteiger partial charge in [-0.2, -0.15) is 0 Å². The Balaban J connectivity index is 2.60. The third-order valence-corrected chi connectivity index (χ3v) is 1.53. The Labute approximate surface area is 65.7 Å². The standard InChI is InChI=1S/C8H12O3/c1-8(2,3)7(10)6(9)5-4-11-5/h5H,4H2,1-3H3. The molecule has 1 aliphatic rings. The van der Waals surface area contributed by atoms with E-state index in [-0.39, 0.29) is 11.6 Å². The number of epoxide rings is 1. The van der Waals surface area contributed by atoms with Crippen LogP contribution in [-0.2, 0) is 14.3 Å². The summed E-state index contributed by atoms with van der Waals surface area (Å²) in [5.41, 5.74) is -0.566. The maximum absolute atomic E-state index is 11.2. The van der Waals surface area contributed by atoms with Crippen LogP contribution in [-0.4, -0.2) is 24.3 Å². The molecule has 0 amide bonds. The number of Topliss-reactive ketones (excluding diaryl/α,β-unsaturated/α-hetero) is 2. The van der Waals surface area contributed by atoms with Crippen molar-refractivity contribution >= 4 is 11.6 Å². The van der Waals surface area contributed by atoms with Crippen LogP contribution in [0.4, 0.5) is 0 Å². The van der Waals surface area contributed by atoms with Crippen LogP contribution in [0.25, 0.3) is 0 Å². The van der Waals surface area contributed by atoms with Crippen LogP contribution in [0.3, 0.4) is 0 Å². The van der Waals surface area contributed by atoms with Crippen molar-refractivity contribution in [2.24, 2.45) is 5.41 Å². The van der Waals surface area contributed by atoms with Crippen LogP contribution in [0.15, 0.2) is 0 Å². The Hall–Kier alpha value is -0.700. The van der Waals surface area contributed by atoms with Gasteiger partial charge in [-0.15, -0.1) is 0 Å².